The fourth-order valence-electron chi connectivity index (χ4n) is 2.38. The van der Waals surface area contributed by atoms with Gasteiger partial charge in [0, 0.05) is 12.6 Å². The fraction of sp³-hybridized carbons (Fsp3) is 0.833. The van der Waals surface area contributed by atoms with Gasteiger partial charge in [-0.15, -0.1) is 0 Å². The van der Waals surface area contributed by atoms with E-state index in [9.17, 15) is 9.59 Å². The van der Waals surface area contributed by atoms with Gasteiger partial charge in [-0.05, 0) is 12.3 Å². The molecule has 0 spiro atoms. The average molecular weight is 258 g/mol. The normalized spacial score (nSPS) is 23.4. The van der Waals surface area contributed by atoms with Crippen molar-refractivity contribution < 1.29 is 19.4 Å². The minimum Gasteiger partial charge on any atom is -0.465 e. The van der Waals surface area contributed by atoms with Crippen LogP contribution in [0.3, 0.4) is 0 Å². The van der Waals surface area contributed by atoms with Gasteiger partial charge in [0.2, 0.25) is 0 Å². The van der Waals surface area contributed by atoms with Crippen molar-refractivity contribution in [3.63, 3.8) is 0 Å². The minimum absolute atomic E-state index is 0.00510. The summed E-state index contributed by atoms with van der Waals surface area (Å²) >= 11 is 0. The second-order valence-corrected chi connectivity index (χ2v) is 5.54. The number of nitrogens with one attached hydrogen (secondary N) is 1. The molecule has 1 heterocycles. The number of nitrogens with zero attached hydrogens (tertiary/aromatic N) is 1. The monoisotopic (exact) mass is 258 g/mol. The van der Waals surface area contributed by atoms with Crippen LogP contribution in [0.1, 0.15) is 27.7 Å². The molecule has 104 valence electrons. The molecule has 6 heteroatoms. The number of esters is 1. The molecule has 0 aliphatic carbocycles. The summed E-state index contributed by atoms with van der Waals surface area (Å²) in [5, 5.41) is 12.1. The van der Waals surface area contributed by atoms with Gasteiger partial charge in [0.05, 0.1) is 19.2 Å². The SMILES string of the molecule is CCOC(=O)CNC1CN(C(=O)O)C1C(C)(C)C. The quantitative estimate of drug-likeness (QED) is 0.733. The number of carboxylic acid groups (broad SMARTS) is 1. The van der Waals surface area contributed by atoms with E-state index in [1.54, 1.807) is 6.92 Å². The van der Waals surface area contributed by atoms with Crippen LogP contribution in [0.4, 0.5) is 4.79 Å². The summed E-state index contributed by atoms with van der Waals surface area (Å²) in [6.07, 6.45) is -0.913. The van der Waals surface area contributed by atoms with Crippen LogP contribution in [0.15, 0.2) is 0 Å². The lowest BCUT2D eigenvalue weighted by Gasteiger charge is -2.52. The van der Waals surface area contributed by atoms with E-state index >= 15 is 0 Å². The van der Waals surface area contributed by atoms with Crippen LogP contribution in [-0.4, -0.2) is 53.8 Å². The molecule has 2 unspecified atom stereocenters. The van der Waals surface area contributed by atoms with Gasteiger partial charge >= 0.3 is 12.1 Å². The molecule has 0 aromatic rings. The van der Waals surface area contributed by atoms with Crippen molar-refractivity contribution in [2.45, 2.75) is 39.8 Å². The smallest absolute Gasteiger partial charge is 0.407 e. The molecule has 0 bridgehead atoms. The maximum absolute atomic E-state index is 11.2. The largest absolute Gasteiger partial charge is 0.465 e. The molecule has 0 radical (unpaired) electrons. The molecule has 0 aromatic carbocycles. The number of ether oxygens (including phenoxy) is 1. The highest BCUT2D eigenvalue weighted by Gasteiger charge is 2.48. The van der Waals surface area contributed by atoms with E-state index in [-0.39, 0.29) is 30.0 Å². The Morgan fingerprint density at radius 3 is 2.50 bits per heavy atom. The Balaban J connectivity index is 2.52. The van der Waals surface area contributed by atoms with Crippen molar-refractivity contribution >= 4 is 12.1 Å². The molecule has 1 rings (SSSR count). The molecule has 1 saturated heterocycles. The fourth-order valence-corrected chi connectivity index (χ4v) is 2.38. The molecule has 1 amide bonds. The molecular weight excluding hydrogens is 236 g/mol. The second-order valence-electron chi connectivity index (χ2n) is 5.54. The lowest BCUT2D eigenvalue weighted by atomic mass is 9.76. The maximum atomic E-state index is 11.2. The molecule has 2 N–H and O–H groups in total. The molecule has 18 heavy (non-hydrogen) atoms. The average Bonchev–Trinajstić information content (AvgIpc) is 2.12. The van der Waals surface area contributed by atoms with Gasteiger partial charge < -0.3 is 20.1 Å². The third kappa shape index (κ3) is 3.35. The van der Waals surface area contributed by atoms with Crippen molar-refractivity contribution in [3.8, 4) is 0 Å². The van der Waals surface area contributed by atoms with Crippen molar-refractivity contribution in [2.24, 2.45) is 5.41 Å². The predicted molar refractivity (Wildman–Crippen MR) is 66.4 cm³/mol. The third-order valence-electron chi connectivity index (χ3n) is 3.06. The standard InChI is InChI=1S/C12H22N2O4/c1-5-18-9(15)6-13-8-7-14(11(16)17)10(8)12(2,3)4/h8,10,13H,5-7H2,1-4H3,(H,16,17). The lowest BCUT2D eigenvalue weighted by Crippen LogP contribution is -2.71. The first-order chi connectivity index (χ1) is 8.27. The highest BCUT2D eigenvalue weighted by Crippen LogP contribution is 2.33. The van der Waals surface area contributed by atoms with E-state index in [2.05, 4.69) is 5.32 Å². The first kappa shape index (κ1) is 14.8. The molecule has 6 nitrogen and oxygen atoms in total. The van der Waals surface area contributed by atoms with E-state index in [1.165, 1.54) is 4.90 Å². The summed E-state index contributed by atoms with van der Waals surface area (Å²) in [4.78, 5) is 23.7. The molecule has 1 fully saturated rings. The highest BCUT2D eigenvalue weighted by molar-refractivity contribution is 5.72. The number of hydrogen-bond donors (Lipinski definition) is 2. The Bertz CT molecular complexity index is 325. The summed E-state index contributed by atoms with van der Waals surface area (Å²) in [6.45, 7) is 8.62. The van der Waals surface area contributed by atoms with Crippen LogP contribution in [0.5, 0.6) is 0 Å². The zero-order valence-electron chi connectivity index (χ0n) is 11.4. The number of likely N-dealkylation sites (tertiary alicyclic amines) is 1. The first-order valence-electron chi connectivity index (χ1n) is 6.16. The van der Waals surface area contributed by atoms with Crippen LogP contribution in [0.25, 0.3) is 0 Å². The Hall–Kier alpha value is -1.30. The van der Waals surface area contributed by atoms with Crippen molar-refractivity contribution in [1.82, 2.24) is 10.2 Å². The molecule has 0 saturated carbocycles. The van der Waals surface area contributed by atoms with Crippen LogP contribution in [0, 0.1) is 5.41 Å². The van der Waals surface area contributed by atoms with E-state index < -0.39 is 6.09 Å². The lowest BCUT2D eigenvalue weighted by molar-refractivity contribution is -0.142. The summed E-state index contributed by atoms with van der Waals surface area (Å²) in [5.74, 6) is -0.307. The molecule has 2 atom stereocenters. The van der Waals surface area contributed by atoms with Gasteiger partial charge in [0.25, 0.3) is 0 Å². The molecular formula is C12H22N2O4. The number of hydrogen-bond acceptors (Lipinski definition) is 4. The van der Waals surface area contributed by atoms with Gasteiger partial charge in [-0.3, -0.25) is 4.79 Å². The Labute approximate surface area is 107 Å². The topological polar surface area (TPSA) is 78.9 Å². The van der Waals surface area contributed by atoms with Crippen molar-refractivity contribution in [1.29, 1.82) is 0 Å². The number of amides is 1. The summed E-state index contributed by atoms with van der Waals surface area (Å²) in [7, 11) is 0. The predicted octanol–water partition coefficient (Wildman–Crippen LogP) is 0.916. The van der Waals surface area contributed by atoms with Gasteiger partial charge in [-0.2, -0.15) is 0 Å². The van der Waals surface area contributed by atoms with Crippen LogP contribution < -0.4 is 5.32 Å². The zero-order valence-corrected chi connectivity index (χ0v) is 11.4. The Kier molecular flexibility index (Phi) is 4.56. The minimum atomic E-state index is -0.913. The number of carbonyl (C=O) groups excluding carboxylic acids is 1. The second kappa shape index (κ2) is 5.56. The molecule has 1 aliphatic rings. The number of rotatable bonds is 4. The Morgan fingerprint density at radius 2 is 2.06 bits per heavy atom. The van der Waals surface area contributed by atoms with Crippen LogP contribution >= 0.6 is 0 Å². The van der Waals surface area contributed by atoms with Crippen LogP contribution in [0.2, 0.25) is 0 Å². The van der Waals surface area contributed by atoms with Gasteiger partial charge in [0.1, 0.15) is 0 Å². The third-order valence-corrected chi connectivity index (χ3v) is 3.06. The maximum Gasteiger partial charge on any atom is 0.407 e. The van der Waals surface area contributed by atoms with E-state index in [0.29, 0.717) is 13.2 Å². The van der Waals surface area contributed by atoms with Crippen LogP contribution in [-0.2, 0) is 9.53 Å². The van der Waals surface area contributed by atoms with Crippen molar-refractivity contribution in [3.05, 3.63) is 0 Å². The summed E-state index contributed by atoms with van der Waals surface area (Å²) in [5.41, 5.74) is -0.164. The molecule has 1 aliphatic heterocycles. The van der Waals surface area contributed by atoms with Gasteiger partial charge in [-0.25, -0.2) is 4.79 Å². The highest BCUT2D eigenvalue weighted by atomic mass is 16.5. The van der Waals surface area contributed by atoms with E-state index in [4.69, 9.17) is 9.84 Å². The first-order valence-corrected chi connectivity index (χ1v) is 6.16. The zero-order chi connectivity index (χ0) is 13.9. The Morgan fingerprint density at radius 1 is 1.44 bits per heavy atom. The summed E-state index contributed by atoms with van der Waals surface area (Å²) in [6, 6.07) is -0.116. The van der Waals surface area contributed by atoms with Gasteiger partial charge in [0.15, 0.2) is 0 Å². The van der Waals surface area contributed by atoms with E-state index in [0.717, 1.165) is 0 Å². The van der Waals surface area contributed by atoms with E-state index in [1.807, 2.05) is 20.8 Å². The number of carbonyl (C=O) groups is 2. The van der Waals surface area contributed by atoms with Crippen molar-refractivity contribution in [2.75, 3.05) is 19.7 Å². The van der Waals surface area contributed by atoms with Gasteiger partial charge in [-0.1, -0.05) is 20.8 Å². The summed E-state index contributed by atoms with van der Waals surface area (Å²) < 4.78 is 4.82. The molecule has 0 aromatic heterocycles.